The molecule has 6 rings (SSSR count). The van der Waals surface area contributed by atoms with Crippen LogP contribution in [0.1, 0.15) is 62.0 Å². The van der Waals surface area contributed by atoms with Gasteiger partial charge in [-0.3, -0.25) is 19.7 Å². The molecule has 0 aromatic carbocycles. The molecule has 0 fully saturated rings. The van der Waals surface area contributed by atoms with E-state index in [2.05, 4.69) is 29.9 Å². The minimum Gasteiger partial charge on any atom is -0.273 e. The molecular formula is C32H27Cl3F2N8O3. The number of aryl methyl sites for hydroxylation is 2. The lowest BCUT2D eigenvalue weighted by molar-refractivity contribution is 0.623. The van der Waals surface area contributed by atoms with E-state index in [-0.39, 0.29) is 44.2 Å². The van der Waals surface area contributed by atoms with Crippen molar-refractivity contribution in [2.45, 2.75) is 53.4 Å². The number of nitrogens with one attached hydrogen (secondary N) is 1. The summed E-state index contributed by atoms with van der Waals surface area (Å²) >= 11 is 17.6. The second kappa shape index (κ2) is 13.5. The van der Waals surface area contributed by atoms with E-state index in [9.17, 15) is 23.2 Å². The molecule has 11 nitrogen and oxygen atoms in total. The summed E-state index contributed by atoms with van der Waals surface area (Å²) in [4.78, 5) is 59.7. The number of H-pyrrole nitrogens is 1. The van der Waals surface area contributed by atoms with Crippen molar-refractivity contribution in [3.8, 4) is 11.4 Å². The van der Waals surface area contributed by atoms with Gasteiger partial charge < -0.3 is 0 Å². The van der Waals surface area contributed by atoms with E-state index in [0.29, 0.717) is 22.8 Å². The van der Waals surface area contributed by atoms with Crippen LogP contribution in [0.2, 0.25) is 15.5 Å². The summed E-state index contributed by atoms with van der Waals surface area (Å²) in [5.74, 6) is -1.49. The standard InChI is InChI=1S/C16H13Cl2FN4O.C16H14ClFN4O2/c1-7(2)11-12(8(3)4-5-20-11)23-15-9(13(17)22-16(23)24)6-10(19)14(18)21-15;1-7(2)11-12(8(3)4-5-19-11)22-14-9(15(23)21-16(22)24)6-10(18)13(17)20-14/h4-7H,1-3H3;4-7H,1-3H3,(H,21,23,24). The summed E-state index contributed by atoms with van der Waals surface area (Å²) in [6.45, 7) is 11.5. The number of halogens is 5. The summed E-state index contributed by atoms with van der Waals surface area (Å²) in [6.07, 6.45) is 3.32. The van der Waals surface area contributed by atoms with Crippen LogP contribution in [0.3, 0.4) is 0 Å². The first-order valence-electron chi connectivity index (χ1n) is 14.5. The van der Waals surface area contributed by atoms with Gasteiger partial charge in [0.15, 0.2) is 33.2 Å². The van der Waals surface area contributed by atoms with Crippen molar-refractivity contribution >= 4 is 56.9 Å². The Kier molecular flexibility index (Phi) is 9.77. The monoisotopic (exact) mass is 714 g/mol. The van der Waals surface area contributed by atoms with Crippen molar-refractivity contribution in [1.29, 1.82) is 0 Å². The van der Waals surface area contributed by atoms with Crippen molar-refractivity contribution in [3.05, 3.63) is 118 Å². The summed E-state index contributed by atoms with van der Waals surface area (Å²) in [5.41, 5.74) is 2.11. The highest BCUT2D eigenvalue weighted by Gasteiger charge is 2.22. The van der Waals surface area contributed by atoms with Crippen LogP contribution in [-0.2, 0) is 0 Å². The number of pyridine rings is 4. The third kappa shape index (κ3) is 6.32. The molecule has 6 aromatic heterocycles. The summed E-state index contributed by atoms with van der Waals surface area (Å²) in [5, 5.41) is -0.730. The van der Waals surface area contributed by atoms with E-state index in [1.54, 1.807) is 24.5 Å². The molecule has 6 aromatic rings. The van der Waals surface area contributed by atoms with E-state index in [1.807, 2.05) is 41.5 Å². The van der Waals surface area contributed by atoms with Gasteiger partial charge in [0.05, 0.1) is 33.5 Å². The van der Waals surface area contributed by atoms with Crippen molar-refractivity contribution in [1.82, 2.24) is 39.0 Å². The number of hydrogen-bond acceptors (Lipinski definition) is 8. The van der Waals surface area contributed by atoms with Crippen LogP contribution in [-0.4, -0.2) is 39.0 Å². The van der Waals surface area contributed by atoms with Gasteiger partial charge in [0.2, 0.25) is 0 Å². The average Bonchev–Trinajstić information content (AvgIpc) is 3.01. The number of fused-ring (bicyclic) bond motifs is 2. The zero-order chi connectivity index (χ0) is 35.2. The van der Waals surface area contributed by atoms with Crippen LogP contribution in [0, 0.1) is 25.5 Å². The molecule has 0 unspecified atom stereocenters. The molecule has 0 spiro atoms. The molecule has 0 bridgehead atoms. The fourth-order valence-corrected chi connectivity index (χ4v) is 5.64. The summed E-state index contributed by atoms with van der Waals surface area (Å²) in [6, 6.07) is 5.62. The molecule has 0 aliphatic carbocycles. The zero-order valence-electron chi connectivity index (χ0n) is 26.4. The van der Waals surface area contributed by atoms with Gasteiger partial charge in [0.25, 0.3) is 5.56 Å². The number of rotatable bonds is 4. The molecule has 0 saturated heterocycles. The van der Waals surface area contributed by atoms with Gasteiger partial charge in [0, 0.05) is 12.4 Å². The Labute approximate surface area is 286 Å². The van der Waals surface area contributed by atoms with E-state index < -0.39 is 33.7 Å². The number of aromatic amines is 1. The van der Waals surface area contributed by atoms with Crippen LogP contribution >= 0.6 is 34.8 Å². The minimum absolute atomic E-state index is 0.00634. The van der Waals surface area contributed by atoms with Crippen LogP contribution in [0.25, 0.3) is 33.4 Å². The quantitative estimate of drug-likeness (QED) is 0.156. The molecule has 0 aliphatic heterocycles. The van der Waals surface area contributed by atoms with E-state index in [0.717, 1.165) is 23.3 Å². The molecule has 1 N–H and O–H groups in total. The highest BCUT2D eigenvalue weighted by atomic mass is 35.5. The van der Waals surface area contributed by atoms with Crippen LogP contribution in [0.15, 0.2) is 51.0 Å². The maximum Gasteiger partial charge on any atom is 0.355 e. The number of hydrogen-bond donors (Lipinski definition) is 1. The highest BCUT2D eigenvalue weighted by Crippen LogP contribution is 2.29. The lowest BCUT2D eigenvalue weighted by Gasteiger charge is -2.17. The molecule has 0 aliphatic rings. The van der Waals surface area contributed by atoms with Crippen molar-refractivity contribution < 1.29 is 8.78 Å². The third-order valence-electron chi connectivity index (χ3n) is 7.37. The largest absolute Gasteiger partial charge is 0.355 e. The predicted octanol–water partition coefficient (Wildman–Crippen LogP) is 6.75. The smallest absolute Gasteiger partial charge is 0.273 e. The maximum atomic E-state index is 13.8. The Bertz CT molecular complexity index is 2430. The van der Waals surface area contributed by atoms with Crippen molar-refractivity contribution in [2.24, 2.45) is 0 Å². The van der Waals surface area contributed by atoms with Gasteiger partial charge in [-0.05, 0) is 61.1 Å². The van der Waals surface area contributed by atoms with Gasteiger partial charge in [-0.1, -0.05) is 62.5 Å². The minimum atomic E-state index is -0.827. The Morgan fingerprint density at radius 2 is 1.15 bits per heavy atom. The van der Waals surface area contributed by atoms with Gasteiger partial charge in [-0.2, -0.15) is 4.98 Å². The number of nitrogens with zero attached hydrogens (tertiary/aromatic N) is 7. The second-order valence-corrected chi connectivity index (χ2v) is 12.5. The second-order valence-electron chi connectivity index (χ2n) is 11.4. The predicted molar refractivity (Wildman–Crippen MR) is 181 cm³/mol. The van der Waals surface area contributed by atoms with Crippen LogP contribution < -0.4 is 16.9 Å². The first-order valence-corrected chi connectivity index (χ1v) is 15.6. The summed E-state index contributed by atoms with van der Waals surface area (Å²) in [7, 11) is 0. The van der Waals surface area contributed by atoms with E-state index in [4.69, 9.17) is 34.8 Å². The van der Waals surface area contributed by atoms with E-state index in [1.165, 1.54) is 9.13 Å². The zero-order valence-corrected chi connectivity index (χ0v) is 28.6. The van der Waals surface area contributed by atoms with Gasteiger partial charge >= 0.3 is 11.4 Å². The molecule has 0 radical (unpaired) electrons. The molecular weight excluding hydrogens is 689 g/mol. The fraction of sp³-hybridized carbons (Fsp3) is 0.250. The maximum absolute atomic E-state index is 13.8. The molecule has 6 heterocycles. The third-order valence-corrected chi connectivity index (χ3v) is 8.19. The van der Waals surface area contributed by atoms with Crippen LogP contribution in [0.5, 0.6) is 0 Å². The summed E-state index contributed by atoms with van der Waals surface area (Å²) < 4.78 is 30.0. The van der Waals surface area contributed by atoms with Gasteiger partial charge in [-0.15, -0.1) is 0 Å². The molecule has 0 atom stereocenters. The Morgan fingerprint density at radius 3 is 1.65 bits per heavy atom. The van der Waals surface area contributed by atoms with Crippen molar-refractivity contribution in [2.75, 3.05) is 0 Å². The van der Waals surface area contributed by atoms with Crippen LogP contribution in [0.4, 0.5) is 8.78 Å². The lowest BCUT2D eigenvalue weighted by Crippen LogP contribution is -2.31. The van der Waals surface area contributed by atoms with Gasteiger partial charge in [0.1, 0.15) is 5.15 Å². The van der Waals surface area contributed by atoms with Gasteiger partial charge in [-0.25, -0.2) is 37.5 Å². The Hall–Kier alpha value is -4.59. The SMILES string of the molecule is Cc1ccnc(C(C)C)c1-n1c(=O)[nH]c(=O)c2cc(F)c(Cl)nc21.Cc1ccnc(C(C)C)c1-n1c(=O)nc(Cl)c2cc(F)c(Cl)nc21. The molecule has 16 heteroatoms. The topological polar surface area (TPSA) is 141 Å². The molecule has 0 amide bonds. The number of aromatic nitrogens is 8. The first kappa shape index (κ1) is 34.7. The Morgan fingerprint density at radius 1 is 0.688 bits per heavy atom. The molecule has 48 heavy (non-hydrogen) atoms. The lowest BCUT2D eigenvalue weighted by atomic mass is 10.0. The van der Waals surface area contributed by atoms with E-state index >= 15 is 0 Å². The highest BCUT2D eigenvalue weighted by molar-refractivity contribution is 6.34. The average molecular weight is 716 g/mol. The van der Waals surface area contributed by atoms with Crippen molar-refractivity contribution in [3.63, 3.8) is 0 Å². The molecule has 0 saturated carbocycles. The molecule has 248 valence electrons. The Balaban J connectivity index is 0.000000188. The first-order chi connectivity index (χ1) is 22.6. The fourth-order valence-electron chi connectivity index (χ4n) is 5.15. The normalized spacial score (nSPS) is 11.4.